The second kappa shape index (κ2) is 8.15. The first-order valence-electron chi connectivity index (χ1n) is 9.83. The van der Waals surface area contributed by atoms with Gasteiger partial charge in [-0.3, -0.25) is 4.79 Å². The lowest BCUT2D eigenvalue weighted by atomic mass is 10.0. The van der Waals surface area contributed by atoms with Gasteiger partial charge in [-0.25, -0.2) is 4.79 Å². The summed E-state index contributed by atoms with van der Waals surface area (Å²) in [6.07, 6.45) is 0. The molecule has 0 aliphatic carbocycles. The van der Waals surface area contributed by atoms with E-state index >= 15 is 0 Å². The topological polar surface area (TPSA) is 59.3 Å². The highest BCUT2D eigenvalue weighted by atomic mass is 35.5. The van der Waals surface area contributed by atoms with Gasteiger partial charge >= 0.3 is 5.63 Å². The molecule has 0 saturated carbocycles. The number of hydrogen-bond acceptors (Lipinski definition) is 3. The van der Waals surface area contributed by atoms with Crippen molar-refractivity contribution in [3.05, 3.63) is 111 Å². The maximum atomic E-state index is 12.9. The molecule has 32 heavy (non-hydrogen) atoms. The Morgan fingerprint density at radius 1 is 0.750 bits per heavy atom. The number of halogens is 2. The number of amides is 1. The van der Waals surface area contributed by atoms with E-state index in [2.05, 4.69) is 5.32 Å². The Bertz CT molecular complexity index is 1570. The van der Waals surface area contributed by atoms with E-state index in [0.29, 0.717) is 38.0 Å². The molecule has 1 heterocycles. The minimum Gasteiger partial charge on any atom is -0.422 e. The van der Waals surface area contributed by atoms with E-state index in [-0.39, 0.29) is 5.91 Å². The predicted octanol–water partition coefficient (Wildman–Crippen LogP) is 7.17. The molecule has 0 spiro atoms. The molecule has 156 valence electrons. The van der Waals surface area contributed by atoms with Crippen molar-refractivity contribution in [3.63, 3.8) is 0 Å². The largest absolute Gasteiger partial charge is 0.422 e. The van der Waals surface area contributed by atoms with Gasteiger partial charge in [-0.2, -0.15) is 0 Å². The number of fused-ring (bicyclic) bond motifs is 2. The third-order valence-electron chi connectivity index (χ3n) is 5.27. The highest BCUT2D eigenvalue weighted by Crippen LogP contribution is 2.31. The Balaban J connectivity index is 1.48. The Labute approximate surface area is 193 Å². The molecule has 1 aromatic heterocycles. The number of carbonyl (C=O) groups excluding carboxylic acids is 1. The Kier molecular flexibility index (Phi) is 5.17. The van der Waals surface area contributed by atoms with Crippen molar-refractivity contribution in [1.82, 2.24) is 0 Å². The zero-order valence-corrected chi connectivity index (χ0v) is 18.1. The maximum Gasteiger partial charge on any atom is 0.344 e. The second-order valence-electron chi connectivity index (χ2n) is 7.27. The van der Waals surface area contributed by atoms with E-state index in [1.54, 1.807) is 54.6 Å². The molecule has 0 aliphatic rings. The summed E-state index contributed by atoms with van der Waals surface area (Å²) >= 11 is 12.7. The monoisotopic (exact) mass is 459 g/mol. The van der Waals surface area contributed by atoms with Crippen molar-refractivity contribution < 1.29 is 9.21 Å². The summed E-state index contributed by atoms with van der Waals surface area (Å²) in [5.41, 5.74) is 1.93. The molecule has 5 rings (SSSR count). The average molecular weight is 460 g/mol. The number of rotatable bonds is 3. The Morgan fingerprint density at radius 2 is 1.53 bits per heavy atom. The number of benzene rings is 4. The van der Waals surface area contributed by atoms with Gasteiger partial charge in [0.25, 0.3) is 5.91 Å². The van der Waals surface area contributed by atoms with Gasteiger partial charge in [0.2, 0.25) is 0 Å². The number of carbonyl (C=O) groups is 1. The zero-order valence-electron chi connectivity index (χ0n) is 16.6. The highest BCUT2D eigenvalue weighted by molar-refractivity contribution is 6.36. The van der Waals surface area contributed by atoms with Crippen LogP contribution in [-0.2, 0) is 0 Å². The van der Waals surface area contributed by atoms with Crippen LogP contribution in [0.25, 0.3) is 32.9 Å². The van der Waals surface area contributed by atoms with Crippen molar-refractivity contribution in [3.8, 4) is 11.1 Å². The molecule has 0 saturated heterocycles. The molecule has 1 N–H and O–H groups in total. The Hall–Kier alpha value is -3.60. The van der Waals surface area contributed by atoms with E-state index in [1.165, 1.54) is 0 Å². The van der Waals surface area contributed by atoms with Crippen LogP contribution in [0.15, 0.2) is 94.1 Å². The number of nitrogens with one attached hydrogen (secondary N) is 1. The normalized spacial score (nSPS) is 11.1. The van der Waals surface area contributed by atoms with Gasteiger partial charge in [-0.1, -0.05) is 71.7 Å². The second-order valence-corrected chi connectivity index (χ2v) is 8.09. The molecule has 6 heteroatoms. The third kappa shape index (κ3) is 3.64. The van der Waals surface area contributed by atoms with Crippen LogP contribution in [0.5, 0.6) is 0 Å². The molecule has 4 nitrogen and oxygen atoms in total. The number of hydrogen-bond donors (Lipinski definition) is 1. The maximum absolute atomic E-state index is 12.9. The first-order chi connectivity index (χ1) is 15.5. The molecule has 0 unspecified atom stereocenters. The van der Waals surface area contributed by atoms with Crippen LogP contribution >= 0.6 is 23.2 Å². The van der Waals surface area contributed by atoms with E-state index in [0.717, 1.165) is 16.2 Å². The van der Waals surface area contributed by atoms with E-state index in [4.69, 9.17) is 27.6 Å². The van der Waals surface area contributed by atoms with Crippen LogP contribution in [0, 0.1) is 0 Å². The lowest BCUT2D eigenvalue weighted by Gasteiger charge is -2.11. The molecule has 1 amide bonds. The summed E-state index contributed by atoms with van der Waals surface area (Å²) in [7, 11) is 0. The van der Waals surface area contributed by atoms with Crippen molar-refractivity contribution in [1.29, 1.82) is 0 Å². The first kappa shape index (κ1) is 20.3. The van der Waals surface area contributed by atoms with Crippen LogP contribution in [0.2, 0.25) is 10.0 Å². The number of para-hydroxylation sites is 1. The van der Waals surface area contributed by atoms with Gasteiger partial charge in [-0.15, -0.1) is 0 Å². The summed E-state index contributed by atoms with van der Waals surface area (Å²) < 4.78 is 5.41. The molecule has 4 aromatic carbocycles. The van der Waals surface area contributed by atoms with Crippen LogP contribution in [0.4, 0.5) is 5.69 Å². The molecule has 0 atom stereocenters. The van der Waals surface area contributed by atoms with Crippen molar-refractivity contribution >= 4 is 56.5 Å². The molecule has 0 aliphatic heterocycles. The summed E-state index contributed by atoms with van der Waals surface area (Å²) in [5, 5.41) is 6.13. The van der Waals surface area contributed by atoms with Gasteiger partial charge in [-0.05, 0) is 41.8 Å². The summed E-state index contributed by atoms with van der Waals surface area (Å²) in [4.78, 5) is 25.4. The minimum absolute atomic E-state index is 0.285. The lowest BCUT2D eigenvalue weighted by Crippen LogP contribution is -2.12. The molecular weight excluding hydrogens is 445 g/mol. The van der Waals surface area contributed by atoms with E-state index in [1.807, 2.05) is 30.3 Å². The van der Waals surface area contributed by atoms with E-state index < -0.39 is 5.63 Å². The van der Waals surface area contributed by atoms with Crippen LogP contribution in [-0.4, -0.2) is 5.91 Å². The van der Waals surface area contributed by atoms with Gasteiger partial charge in [0.15, 0.2) is 0 Å². The van der Waals surface area contributed by atoms with Gasteiger partial charge < -0.3 is 9.73 Å². The van der Waals surface area contributed by atoms with E-state index in [9.17, 15) is 9.59 Å². The smallest absolute Gasteiger partial charge is 0.344 e. The van der Waals surface area contributed by atoms with Crippen LogP contribution < -0.4 is 10.9 Å². The fraction of sp³-hybridized carbons (Fsp3) is 0. The lowest BCUT2D eigenvalue weighted by molar-refractivity contribution is 0.102. The van der Waals surface area contributed by atoms with Crippen molar-refractivity contribution in [2.24, 2.45) is 0 Å². The third-order valence-corrected chi connectivity index (χ3v) is 5.91. The molecular formula is C26H15Cl2NO3. The van der Waals surface area contributed by atoms with Crippen molar-refractivity contribution in [2.45, 2.75) is 0 Å². The number of anilines is 1. The first-order valence-corrected chi connectivity index (χ1v) is 10.6. The van der Waals surface area contributed by atoms with Gasteiger partial charge in [0.05, 0.1) is 10.6 Å². The molecule has 5 aromatic rings. The average Bonchev–Trinajstić information content (AvgIpc) is 2.79. The summed E-state index contributed by atoms with van der Waals surface area (Å²) in [6, 6.07) is 24.9. The van der Waals surface area contributed by atoms with Gasteiger partial charge in [0, 0.05) is 32.6 Å². The fourth-order valence-corrected chi connectivity index (χ4v) is 4.25. The van der Waals surface area contributed by atoms with Crippen LogP contribution in [0.3, 0.4) is 0 Å². The quantitative estimate of drug-likeness (QED) is 0.290. The minimum atomic E-state index is -0.477. The summed E-state index contributed by atoms with van der Waals surface area (Å²) in [5.74, 6) is -0.285. The highest BCUT2D eigenvalue weighted by Gasteiger charge is 2.15. The van der Waals surface area contributed by atoms with Crippen LogP contribution in [0.1, 0.15) is 10.4 Å². The van der Waals surface area contributed by atoms with Crippen molar-refractivity contribution in [2.75, 3.05) is 5.32 Å². The molecule has 0 radical (unpaired) electrons. The van der Waals surface area contributed by atoms with Gasteiger partial charge in [0.1, 0.15) is 5.58 Å². The summed E-state index contributed by atoms with van der Waals surface area (Å²) in [6.45, 7) is 0. The molecule has 0 bridgehead atoms. The SMILES string of the molecule is O=C(Nc1ccc(-c2cc3ccccc3oc2=O)c(Cl)c1)c1cccc2c(Cl)cccc12. The predicted molar refractivity (Wildman–Crippen MR) is 130 cm³/mol. The zero-order chi connectivity index (χ0) is 22.2. The fourth-order valence-electron chi connectivity index (χ4n) is 3.73. The Morgan fingerprint density at radius 3 is 2.38 bits per heavy atom. The molecule has 0 fully saturated rings. The standard InChI is InChI=1S/C26H15Cl2NO3/c27-22-9-4-6-17-18(22)7-3-8-20(17)25(30)29-16-11-12-19(23(28)14-16)21-13-15-5-1-2-10-24(15)32-26(21)31/h1-14H,(H,29,30).